The number of hydrogen-bond acceptors (Lipinski definition) is 5. The second-order valence-electron chi connectivity index (χ2n) is 5.44. The minimum atomic E-state index is -0.120. The number of H-pyrrole nitrogens is 1. The van der Waals surface area contributed by atoms with E-state index in [1.54, 1.807) is 0 Å². The van der Waals surface area contributed by atoms with Crippen LogP contribution in [0, 0.1) is 13.8 Å². The third kappa shape index (κ3) is 3.68. The quantitative estimate of drug-likeness (QED) is 0.731. The predicted octanol–water partition coefficient (Wildman–Crippen LogP) is 3.47. The number of carbonyl (C=O) groups excluding carboxylic acids is 1. The van der Waals surface area contributed by atoms with Gasteiger partial charge in [0.15, 0.2) is 0 Å². The van der Waals surface area contributed by atoms with Gasteiger partial charge in [-0.1, -0.05) is 12.1 Å². The second-order valence-corrected chi connectivity index (χ2v) is 7.34. The molecule has 0 aliphatic carbocycles. The summed E-state index contributed by atoms with van der Waals surface area (Å²) in [5.74, 6) is 1.32. The van der Waals surface area contributed by atoms with Crippen LogP contribution in [0.3, 0.4) is 0 Å². The van der Waals surface area contributed by atoms with Gasteiger partial charge in [-0.15, -0.1) is 23.1 Å². The second kappa shape index (κ2) is 7.19. The average Bonchev–Trinajstić information content (AvgIpc) is 3.01. The Labute approximate surface area is 147 Å². The van der Waals surface area contributed by atoms with E-state index in [-0.39, 0.29) is 11.5 Å². The number of thiophene rings is 1. The molecule has 1 aromatic carbocycles. The number of thioether (sulfide) groups is 1. The molecular weight excluding hydrogens is 342 g/mol. The molecule has 0 radical (unpaired) electrons. The van der Waals surface area contributed by atoms with E-state index in [0.29, 0.717) is 27.5 Å². The molecule has 124 valence electrons. The van der Waals surface area contributed by atoms with E-state index < -0.39 is 0 Å². The summed E-state index contributed by atoms with van der Waals surface area (Å²) in [7, 11) is 0. The molecule has 0 saturated carbocycles. The fraction of sp³-hybridized carbons (Fsp3) is 0.235. The van der Waals surface area contributed by atoms with Crippen molar-refractivity contribution in [3.8, 4) is 0 Å². The van der Waals surface area contributed by atoms with Crippen LogP contribution in [0.5, 0.6) is 0 Å². The number of anilines is 1. The van der Waals surface area contributed by atoms with Crippen molar-refractivity contribution >= 4 is 44.9 Å². The van der Waals surface area contributed by atoms with Crippen LogP contribution in [-0.4, -0.2) is 21.6 Å². The number of aromatic nitrogens is 2. The summed E-state index contributed by atoms with van der Waals surface area (Å²) < 4.78 is 0.636. The molecule has 7 heteroatoms. The maximum atomic E-state index is 12.1. The first-order valence-corrected chi connectivity index (χ1v) is 9.48. The minimum Gasteiger partial charge on any atom is -0.325 e. The summed E-state index contributed by atoms with van der Waals surface area (Å²) in [4.78, 5) is 31.1. The van der Waals surface area contributed by atoms with Gasteiger partial charge in [-0.05, 0) is 42.5 Å². The molecule has 0 unspecified atom stereocenters. The number of rotatable bonds is 5. The van der Waals surface area contributed by atoms with Gasteiger partial charge in [-0.2, -0.15) is 0 Å². The van der Waals surface area contributed by atoms with Crippen LogP contribution in [-0.2, 0) is 10.5 Å². The Hall–Kier alpha value is -2.12. The lowest BCUT2D eigenvalue weighted by atomic mass is 10.1. The molecule has 0 aliphatic heterocycles. The van der Waals surface area contributed by atoms with Gasteiger partial charge >= 0.3 is 0 Å². The van der Waals surface area contributed by atoms with Crippen LogP contribution in [0.15, 0.2) is 34.4 Å². The Kier molecular flexibility index (Phi) is 5.01. The van der Waals surface area contributed by atoms with E-state index >= 15 is 0 Å². The summed E-state index contributed by atoms with van der Waals surface area (Å²) in [6.07, 6.45) is 0. The topological polar surface area (TPSA) is 74.8 Å². The highest BCUT2D eigenvalue weighted by molar-refractivity contribution is 7.99. The molecule has 0 atom stereocenters. The first-order chi connectivity index (χ1) is 11.5. The Morgan fingerprint density at radius 3 is 3.00 bits per heavy atom. The van der Waals surface area contributed by atoms with Gasteiger partial charge in [0, 0.05) is 5.69 Å². The van der Waals surface area contributed by atoms with Crippen molar-refractivity contribution in [1.29, 1.82) is 0 Å². The van der Waals surface area contributed by atoms with Gasteiger partial charge in [0.25, 0.3) is 5.56 Å². The Morgan fingerprint density at radius 2 is 2.17 bits per heavy atom. The molecule has 0 saturated heterocycles. The summed E-state index contributed by atoms with van der Waals surface area (Å²) in [5, 5.41) is 4.77. The number of fused-ring (bicyclic) bond motifs is 1. The van der Waals surface area contributed by atoms with Gasteiger partial charge < -0.3 is 10.3 Å². The molecule has 0 spiro atoms. The Balaban J connectivity index is 1.58. The smallest absolute Gasteiger partial charge is 0.268 e. The first kappa shape index (κ1) is 16.7. The summed E-state index contributed by atoms with van der Waals surface area (Å²) >= 11 is 2.80. The summed E-state index contributed by atoms with van der Waals surface area (Å²) in [6, 6.07) is 7.67. The highest BCUT2D eigenvalue weighted by Crippen LogP contribution is 2.19. The first-order valence-electron chi connectivity index (χ1n) is 7.45. The van der Waals surface area contributed by atoms with Crippen LogP contribution in [0.25, 0.3) is 10.2 Å². The highest BCUT2D eigenvalue weighted by atomic mass is 32.2. The van der Waals surface area contributed by atoms with Crippen LogP contribution in [0.1, 0.15) is 17.0 Å². The minimum absolute atomic E-state index is 0.0624. The molecule has 0 bridgehead atoms. The largest absolute Gasteiger partial charge is 0.325 e. The van der Waals surface area contributed by atoms with Gasteiger partial charge in [0.1, 0.15) is 10.5 Å². The summed E-state index contributed by atoms with van der Waals surface area (Å²) in [5.41, 5.74) is 3.65. The van der Waals surface area contributed by atoms with E-state index in [2.05, 4.69) is 15.3 Å². The molecule has 2 heterocycles. The van der Waals surface area contributed by atoms with Crippen LogP contribution in [0.4, 0.5) is 5.69 Å². The van der Waals surface area contributed by atoms with E-state index in [1.165, 1.54) is 23.1 Å². The maximum Gasteiger partial charge on any atom is 0.268 e. The van der Waals surface area contributed by atoms with E-state index in [1.807, 2.05) is 43.5 Å². The van der Waals surface area contributed by atoms with Crippen molar-refractivity contribution < 1.29 is 4.79 Å². The van der Waals surface area contributed by atoms with E-state index in [9.17, 15) is 9.59 Å². The number of amides is 1. The van der Waals surface area contributed by atoms with Crippen molar-refractivity contribution in [2.24, 2.45) is 0 Å². The van der Waals surface area contributed by atoms with Crippen molar-refractivity contribution in [2.75, 3.05) is 11.1 Å². The number of aryl methyl sites for hydroxylation is 1. The molecule has 0 fully saturated rings. The molecule has 24 heavy (non-hydrogen) atoms. The fourth-order valence-electron chi connectivity index (χ4n) is 2.30. The number of hydrogen-bond donors (Lipinski definition) is 2. The lowest BCUT2D eigenvalue weighted by molar-refractivity contribution is -0.113. The number of aromatic amines is 1. The molecule has 0 aliphatic rings. The van der Waals surface area contributed by atoms with Crippen molar-refractivity contribution in [1.82, 2.24) is 9.97 Å². The van der Waals surface area contributed by atoms with Crippen LogP contribution >= 0.6 is 23.1 Å². The van der Waals surface area contributed by atoms with E-state index in [4.69, 9.17) is 0 Å². The zero-order valence-electron chi connectivity index (χ0n) is 13.4. The molecular formula is C17H17N3O2S2. The normalized spacial score (nSPS) is 10.9. The maximum absolute atomic E-state index is 12.1. The third-order valence-corrected chi connectivity index (χ3v) is 5.56. The Bertz CT molecular complexity index is 946. The fourth-order valence-corrected chi connectivity index (χ4v) is 3.72. The van der Waals surface area contributed by atoms with Crippen LogP contribution in [0.2, 0.25) is 0 Å². The molecule has 2 N–H and O–H groups in total. The van der Waals surface area contributed by atoms with Gasteiger partial charge in [0.2, 0.25) is 5.91 Å². The lowest BCUT2D eigenvalue weighted by Crippen LogP contribution is -2.16. The van der Waals surface area contributed by atoms with Crippen molar-refractivity contribution in [3.63, 3.8) is 0 Å². The summed E-state index contributed by atoms with van der Waals surface area (Å²) in [6.45, 7) is 4.01. The number of nitrogens with one attached hydrogen (secondary N) is 2. The number of carbonyl (C=O) groups is 1. The predicted molar refractivity (Wildman–Crippen MR) is 101 cm³/mol. The lowest BCUT2D eigenvalue weighted by Gasteiger charge is -2.10. The zero-order chi connectivity index (χ0) is 17.1. The SMILES string of the molecule is Cc1cccc(NC(=O)CSCc2nc3ccsc3c(=O)[nH]2)c1C. The molecule has 3 aromatic rings. The average molecular weight is 359 g/mol. The number of nitrogens with zero attached hydrogens (tertiary/aromatic N) is 1. The molecule has 1 amide bonds. The standard InChI is InChI=1S/C17H17N3O2S2/c1-10-4-3-5-12(11(10)2)19-15(21)9-23-8-14-18-13-6-7-24-16(13)17(22)20-14/h3-7H,8-9H2,1-2H3,(H,19,21)(H,18,20,22). The number of benzene rings is 1. The monoisotopic (exact) mass is 359 g/mol. The highest BCUT2D eigenvalue weighted by Gasteiger charge is 2.08. The van der Waals surface area contributed by atoms with Gasteiger partial charge in [-0.3, -0.25) is 9.59 Å². The molecule has 5 nitrogen and oxygen atoms in total. The van der Waals surface area contributed by atoms with Gasteiger partial charge in [-0.25, -0.2) is 4.98 Å². The molecule has 2 aromatic heterocycles. The van der Waals surface area contributed by atoms with Gasteiger partial charge in [0.05, 0.1) is 17.0 Å². The van der Waals surface area contributed by atoms with Crippen molar-refractivity contribution in [3.05, 3.63) is 57.0 Å². The van der Waals surface area contributed by atoms with Crippen molar-refractivity contribution in [2.45, 2.75) is 19.6 Å². The van der Waals surface area contributed by atoms with E-state index in [0.717, 1.165) is 16.8 Å². The third-order valence-electron chi connectivity index (χ3n) is 3.71. The zero-order valence-corrected chi connectivity index (χ0v) is 15.0. The molecule has 3 rings (SSSR count). The Morgan fingerprint density at radius 1 is 1.33 bits per heavy atom. The van der Waals surface area contributed by atoms with Crippen LogP contribution < -0.4 is 10.9 Å².